The molecule has 2 rings (SSSR count). The summed E-state index contributed by atoms with van der Waals surface area (Å²) in [6, 6.07) is 10.9. The Labute approximate surface area is 168 Å². The third-order valence-electron chi connectivity index (χ3n) is 4.99. The number of methoxy groups -OCH3 is 3. The quantitative estimate of drug-likeness (QED) is 0.565. The maximum absolute atomic E-state index is 14.8. The lowest BCUT2D eigenvalue weighted by Gasteiger charge is -2.34. The molecule has 0 radical (unpaired) electrons. The molecular formula is C24H33FO3. The maximum Gasteiger partial charge on any atom is 0.131 e. The third-order valence-corrected chi connectivity index (χ3v) is 4.99. The van der Waals surface area contributed by atoms with Crippen LogP contribution in [0.25, 0.3) is 11.1 Å². The number of halogens is 1. The zero-order valence-electron chi connectivity index (χ0n) is 18.4. The van der Waals surface area contributed by atoms with Crippen LogP contribution >= 0.6 is 0 Å². The highest BCUT2D eigenvalue weighted by atomic mass is 19.1. The maximum atomic E-state index is 14.8. The summed E-state index contributed by atoms with van der Waals surface area (Å²) < 4.78 is 31.6. The van der Waals surface area contributed by atoms with Gasteiger partial charge in [-0.3, -0.25) is 0 Å². The first-order valence-corrected chi connectivity index (χ1v) is 9.57. The van der Waals surface area contributed by atoms with Gasteiger partial charge in [-0.15, -0.1) is 0 Å². The number of benzene rings is 2. The molecule has 0 aliphatic carbocycles. The second-order valence-corrected chi connectivity index (χ2v) is 8.93. The predicted molar refractivity (Wildman–Crippen MR) is 112 cm³/mol. The van der Waals surface area contributed by atoms with Gasteiger partial charge in [0, 0.05) is 19.8 Å². The molecule has 1 atom stereocenters. The van der Waals surface area contributed by atoms with Gasteiger partial charge in [-0.2, -0.15) is 0 Å². The minimum Gasteiger partial charge on any atom is -0.497 e. The zero-order valence-corrected chi connectivity index (χ0v) is 18.4. The number of hydrogen-bond acceptors (Lipinski definition) is 3. The van der Waals surface area contributed by atoms with Gasteiger partial charge in [0.2, 0.25) is 0 Å². The highest BCUT2D eigenvalue weighted by Gasteiger charge is 2.33. The molecule has 0 heterocycles. The van der Waals surface area contributed by atoms with Crippen LogP contribution in [0.2, 0.25) is 0 Å². The first-order chi connectivity index (χ1) is 13.0. The third kappa shape index (κ3) is 5.12. The lowest BCUT2D eigenvalue weighted by molar-refractivity contribution is -0.0967. The molecular weight excluding hydrogens is 355 g/mol. The van der Waals surface area contributed by atoms with E-state index in [9.17, 15) is 4.39 Å². The Kier molecular flexibility index (Phi) is 6.89. The zero-order chi connectivity index (χ0) is 21.1. The van der Waals surface area contributed by atoms with Crippen molar-refractivity contribution in [2.45, 2.75) is 52.7 Å². The Hall–Kier alpha value is -1.91. The van der Waals surface area contributed by atoms with Crippen LogP contribution in [0, 0.1) is 11.2 Å². The molecule has 0 N–H and O–H groups in total. The Morgan fingerprint density at radius 3 is 2.11 bits per heavy atom. The smallest absolute Gasteiger partial charge is 0.131 e. The summed E-state index contributed by atoms with van der Waals surface area (Å²) in [6.45, 7) is 10.6. The van der Waals surface area contributed by atoms with Crippen molar-refractivity contribution in [2.24, 2.45) is 5.41 Å². The molecule has 0 saturated heterocycles. The first kappa shape index (κ1) is 22.4. The van der Waals surface area contributed by atoms with E-state index < -0.39 is 5.60 Å². The van der Waals surface area contributed by atoms with E-state index in [1.165, 1.54) is 11.6 Å². The van der Waals surface area contributed by atoms with E-state index >= 15 is 0 Å². The Morgan fingerprint density at radius 2 is 1.57 bits per heavy atom. The average molecular weight is 389 g/mol. The van der Waals surface area contributed by atoms with E-state index in [2.05, 4.69) is 32.9 Å². The fourth-order valence-corrected chi connectivity index (χ4v) is 3.53. The molecule has 0 saturated carbocycles. The Balaban J connectivity index is 2.71. The summed E-state index contributed by atoms with van der Waals surface area (Å²) in [6.07, 6.45) is 0.545. The minimum atomic E-state index is -0.584. The summed E-state index contributed by atoms with van der Waals surface area (Å²) in [5, 5.41) is 0. The van der Waals surface area contributed by atoms with Gasteiger partial charge in [-0.05, 0) is 60.6 Å². The van der Waals surface area contributed by atoms with Crippen LogP contribution in [-0.4, -0.2) is 26.9 Å². The van der Waals surface area contributed by atoms with Crippen molar-refractivity contribution in [3.63, 3.8) is 0 Å². The predicted octanol–water partition coefficient (Wildman–Crippen LogP) is 6.20. The molecule has 0 spiro atoms. The number of hydrogen-bond donors (Lipinski definition) is 0. The Morgan fingerprint density at radius 1 is 0.893 bits per heavy atom. The van der Waals surface area contributed by atoms with Gasteiger partial charge in [0.15, 0.2) is 0 Å². The molecule has 0 aromatic heterocycles. The summed E-state index contributed by atoms with van der Waals surface area (Å²) in [4.78, 5) is 0. The lowest BCUT2D eigenvalue weighted by Crippen LogP contribution is -2.33. The second kappa shape index (κ2) is 8.62. The monoisotopic (exact) mass is 388 g/mol. The lowest BCUT2D eigenvalue weighted by atomic mass is 9.83. The highest BCUT2D eigenvalue weighted by Crippen LogP contribution is 2.40. The number of rotatable bonds is 7. The minimum absolute atomic E-state index is 0.138. The van der Waals surface area contributed by atoms with Crippen molar-refractivity contribution in [1.82, 2.24) is 0 Å². The highest BCUT2D eigenvalue weighted by molar-refractivity contribution is 5.70. The first-order valence-electron chi connectivity index (χ1n) is 9.57. The van der Waals surface area contributed by atoms with Gasteiger partial charge in [0.25, 0.3) is 0 Å². The van der Waals surface area contributed by atoms with E-state index in [4.69, 9.17) is 14.2 Å². The molecule has 2 aromatic rings. The van der Waals surface area contributed by atoms with E-state index in [1.807, 2.05) is 19.9 Å². The fraction of sp³-hybridized carbons (Fsp3) is 0.500. The van der Waals surface area contributed by atoms with Crippen molar-refractivity contribution in [2.75, 3.05) is 21.3 Å². The van der Waals surface area contributed by atoms with Crippen LogP contribution in [0.15, 0.2) is 36.4 Å². The van der Waals surface area contributed by atoms with Gasteiger partial charge in [0.05, 0.1) is 12.7 Å². The molecule has 28 heavy (non-hydrogen) atoms. The second-order valence-electron chi connectivity index (χ2n) is 8.93. The van der Waals surface area contributed by atoms with Crippen molar-refractivity contribution in [1.29, 1.82) is 0 Å². The van der Waals surface area contributed by atoms with Crippen molar-refractivity contribution in [3.05, 3.63) is 53.3 Å². The summed E-state index contributed by atoms with van der Waals surface area (Å²) in [5.41, 5.74) is 2.92. The van der Waals surface area contributed by atoms with Crippen molar-refractivity contribution >= 4 is 0 Å². The van der Waals surface area contributed by atoms with Gasteiger partial charge in [-0.25, -0.2) is 4.39 Å². The summed E-state index contributed by atoms with van der Waals surface area (Å²) in [5.74, 6) is 0.316. The van der Waals surface area contributed by atoms with Crippen LogP contribution in [0.4, 0.5) is 4.39 Å². The van der Waals surface area contributed by atoms with E-state index in [0.29, 0.717) is 11.3 Å². The van der Waals surface area contributed by atoms with Crippen LogP contribution in [0.3, 0.4) is 0 Å². The molecule has 0 amide bonds. The average Bonchev–Trinajstić information content (AvgIpc) is 2.62. The topological polar surface area (TPSA) is 27.7 Å². The molecule has 3 nitrogen and oxygen atoms in total. The van der Waals surface area contributed by atoms with Crippen molar-refractivity contribution in [3.8, 4) is 16.9 Å². The standard InChI is InChI=1S/C24H33FO3/c1-23(2,3)15-16-9-11-18(19-14-17(26-6)10-12-21(19)25)20(13-16)22(27-7)24(4,5)28-8/h9-14,22H,15H2,1-8H3/t22-/m0/s1. The van der Waals surface area contributed by atoms with E-state index in [1.54, 1.807) is 33.5 Å². The van der Waals surface area contributed by atoms with Crippen LogP contribution < -0.4 is 4.74 Å². The van der Waals surface area contributed by atoms with Crippen molar-refractivity contribution < 1.29 is 18.6 Å². The van der Waals surface area contributed by atoms with E-state index in [-0.39, 0.29) is 17.3 Å². The molecule has 0 bridgehead atoms. The normalized spacial score (nSPS) is 13.5. The SMILES string of the molecule is COc1ccc(F)c(-c2ccc(CC(C)(C)C)cc2[C@H](OC)C(C)(C)OC)c1. The van der Waals surface area contributed by atoms with Crippen LogP contribution in [-0.2, 0) is 15.9 Å². The van der Waals surface area contributed by atoms with Gasteiger partial charge < -0.3 is 14.2 Å². The summed E-state index contributed by atoms with van der Waals surface area (Å²) >= 11 is 0. The van der Waals surface area contributed by atoms with Crippen LogP contribution in [0.5, 0.6) is 5.75 Å². The molecule has 0 unspecified atom stereocenters. The van der Waals surface area contributed by atoms with Crippen LogP contribution in [0.1, 0.15) is 51.8 Å². The molecule has 0 fully saturated rings. The van der Waals surface area contributed by atoms with Gasteiger partial charge >= 0.3 is 0 Å². The van der Waals surface area contributed by atoms with Gasteiger partial charge in [-0.1, -0.05) is 39.0 Å². The largest absolute Gasteiger partial charge is 0.497 e. The fourth-order valence-electron chi connectivity index (χ4n) is 3.53. The molecule has 154 valence electrons. The molecule has 4 heteroatoms. The number of ether oxygens (including phenoxy) is 3. The molecule has 0 aliphatic rings. The molecule has 2 aromatic carbocycles. The summed E-state index contributed by atoms with van der Waals surface area (Å²) in [7, 11) is 4.90. The Bertz CT molecular complexity index is 806. The van der Waals surface area contributed by atoms with E-state index in [0.717, 1.165) is 17.5 Å². The molecule has 0 aliphatic heterocycles. The van der Waals surface area contributed by atoms with Gasteiger partial charge in [0.1, 0.15) is 17.7 Å².